The average molecular weight is 403 g/mol. The summed E-state index contributed by atoms with van der Waals surface area (Å²) >= 11 is 0. The van der Waals surface area contributed by atoms with Gasteiger partial charge < -0.3 is 10.3 Å². The van der Waals surface area contributed by atoms with Crippen molar-refractivity contribution in [3.63, 3.8) is 0 Å². The number of amides is 3. The molecule has 30 heavy (non-hydrogen) atoms. The first kappa shape index (κ1) is 19.9. The van der Waals surface area contributed by atoms with Crippen LogP contribution in [-0.2, 0) is 15.7 Å². The summed E-state index contributed by atoms with van der Waals surface area (Å²) < 4.78 is 0. The molecule has 1 atom stereocenters. The van der Waals surface area contributed by atoms with E-state index < -0.39 is 17.5 Å². The third kappa shape index (κ3) is 3.18. The van der Waals surface area contributed by atoms with Crippen LogP contribution in [0.3, 0.4) is 0 Å². The summed E-state index contributed by atoms with van der Waals surface area (Å²) in [6, 6.07) is 14.5. The Morgan fingerprint density at radius 3 is 2.37 bits per heavy atom. The van der Waals surface area contributed by atoms with Gasteiger partial charge in [0, 0.05) is 22.7 Å². The molecule has 0 aliphatic carbocycles. The highest BCUT2D eigenvalue weighted by atomic mass is 16.2. The third-order valence-electron chi connectivity index (χ3n) is 5.79. The van der Waals surface area contributed by atoms with Crippen molar-refractivity contribution in [1.29, 1.82) is 0 Å². The average Bonchev–Trinajstić information content (AvgIpc) is 3.23. The number of para-hydroxylation sites is 1. The number of ketones is 1. The first-order chi connectivity index (χ1) is 14.1. The maximum Gasteiger partial charge on any atom is 0.325 e. The van der Waals surface area contributed by atoms with Crippen molar-refractivity contribution in [2.45, 2.75) is 38.6 Å². The normalized spacial score (nSPS) is 19.4. The summed E-state index contributed by atoms with van der Waals surface area (Å²) in [5.41, 5.74) is 1.92. The molecule has 4 rings (SSSR count). The van der Waals surface area contributed by atoms with E-state index in [4.69, 9.17) is 0 Å². The lowest BCUT2D eigenvalue weighted by molar-refractivity contribution is -0.130. The third-order valence-corrected chi connectivity index (χ3v) is 5.79. The van der Waals surface area contributed by atoms with E-state index in [1.807, 2.05) is 48.5 Å². The molecule has 0 saturated carbocycles. The van der Waals surface area contributed by atoms with Gasteiger partial charge in [0.25, 0.3) is 5.91 Å². The minimum absolute atomic E-state index is 0.0137. The minimum atomic E-state index is -1.20. The second-order valence-corrected chi connectivity index (χ2v) is 8.94. The van der Waals surface area contributed by atoms with Gasteiger partial charge in [0.05, 0.1) is 6.54 Å². The molecule has 1 aromatic heterocycles. The largest absolute Gasteiger partial charge is 0.360 e. The van der Waals surface area contributed by atoms with E-state index in [1.54, 1.807) is 13.1 Å². The summed E-state index contributed by atoms with van der Waals surface area (Å²) in [6.07, 6.45) is 1.62. The van der Waals surface area contributed by atoms with Crippen molar-refractivity contribution in [1.82, 2.24) is 15.2 Å². The van der Waals surface area contributed by atoms with Gasteiger partial charge in [-0.25, -0.2) is 4.79 Å². The van der Waals surface area contributed by atoms with Crippen LogP contribution in [0.5, 0.6) is 0 Å². The van der Waals surface area contributed by atoms with Gasteiger partial charge >= 0.3 is 6.03 Å². The van der Waals surface area contributed by atoms with Gasteiger partial charge in [0.2, 0.25) is 0 Å². The van der Waals surface area contributed by atoms with Crippen LogP contribution in [0.2, 0.25) is 0 Å². The number of aromatic nitrogens is 1. The van der Waals surface area contributed by atoms with Crippen LogP contribution in [-0.4, -0.2) is 34.2 Å². The summed E-state index contributed by atoms with van der Waals surface area (Å²) in [6.45, 7) is 7.72. The van der Waals surface area contributed by atoms with Crippen molar-refractivity contribution >= 4 is 28.6 Å². The highest BCUT2D eigenvalue weighted by Gasteiger charge is 2.49. The Balaban J connectivity index is 1.58. The molecular weight excluding hydrogens is 378 g/mol. The molecule has 154 valence electrons. The number of benzene rings is 2. The van der Waals surface area contributed by atoms with Crippen LogP contribution >= 0.6 is 0 Å². The molecule has 0 spiro atoms. The zero-order valence-corrected chi connectivity index (χ0v) is 17.6. The Bertz CT molecular complexity index is 1150. The number of carbonyl (C=O) groups excluding carboxylic acids is 3. The molecule has 6 heteroatoms. The van der Waals surface area contributed by atoms with Crippen LogP contribution in [0.15, 0.2) is 54.7 Å². The Labute approximate surface area is 175 Å². The lowest BCUT2D eigenvalue weighted by Crippen LogP contribution is -2.41. The molecule has 2 N–H and O–H groups in total. The molecule has 1 saturated heterocycles. The maximum atomic E-state index is 13.2. The number of aromatic amines is 1. The molecule has 1 aliphatic rings. The van der Waals surface area contributed by atoms with Gasteiger partial charge in [0.15, 0.2) is 5.78 Å². The van der Waals surface area contributed by atoms with Crippen molar-refractivity contribution in [3.8, 4) is 0 Å². The highest BCUT2D eigenvalue weighted by molar-refractivity contribution is 6.14. The van der Waals surface area contributed by atoms with Crippen LogP contribution in [0, 0.1) is 0 Å². The second kappa shape index (κ2) is 6.83. The number of H-pyrrole nitrogens is 1. The van der Waals surface area contributed by atoms with E-state index in [0.717, 1.165) is 21.4 Å². The zero-order chi connectivity index (χ0) is 21.7. The van der Waals surface area contributed by atoms with E-state index in [-0.39, 0.29) is 17.7 Å². The number of hydrogen-bond acceptors (Lipinski definition) is 3. The lowest BCUT2D eigenvalue weighted by Gasteiger charge is -2.24. The number of nitrogens with one attached hydrogen (secondary N) is 2. The summed E-state index contributed by atoms with van der Waals surface area (Å²) in [4.78, 5) is 42.7. The molecule has 6 nitrogen and oxygen atoms in total. The number of fused-ring (bicyclic) bond motifs is 1. The number of rotatable bonds is 4. The number of carbonyl (C=O) groups is 3. The maximum absolute atomic E-state index is 13.2. The van der Waals surface area contributed by atoms with Crippen molar-refractivity contribution < 1.29 is 14.4 Å². The second-order valence-electron chi connectivity index (χ2n) is 8.94. The summed E-state index contributed by atoms with van der Waals surface area (Å²) in [5, 5.41) is 3.54. The van der Waals surface area contributed by atoms with Gasteiger partial charge in [-0.3, -0.25) is 14.5 Å². The van der Waals surface area contributed by atoms with Crippen LogP contribution in [0.1, 0.15) is 49.2 Å². The molecule has 0 unspecified atom stereocenters. The molecule has 0 radical (unpaired) electrons. The Morgan fingerprint density at radius 1 is 1.03 bits per heavy atom. The molecule has 1 fully saturated rings. The topological polar surface area (TPSA) is 82.3 Å². The Morgan fingerprint density at radius 2 is 1.70 bits per heavy atom. The Hall–Kier alpha value is -3.41. The van der Waals surface area contributed by atoms with Gasteiger partial charge in [-0.05, 0) is 29.5 Å². The fourth-order valence-corrected chi connectivity index (χ4v) is 3.87. The number of hydrogen-bond donors (Lipinski definition) is 2. The Kier molecular flexibility index (Phi) is 4.53. The first-order valence-corrected chi connectivity index (χ1v) is 9.96. The van der Waals surface area contributed by atoms with E-state index in [2.05, 4.69) is 31.1 Å². The van der Waals surface area contributed by atoms with Crippen LogP contribution in [0.25, 0.3) is 10.9 Å². The van der Waals surface area contributed by atoms with Crippen molar-refractivity contribution in [3.05, 3.63) is 71.4 Å². The van der Waals surface area contributed by atoms with E-state index in [9.17, 15) is 14.4 Å². The van der Waals surface area contributed by atoms with Crippen LogP contribution in [0.4, 0.5) is 4.79 Å². The molecule has 1 aliphatic heterocycles. The van der Waals surface area contributed by atoms with E-state index in [1.165, 1.54) is 0 Å². The fraction of sp³-hybridized carbons (Fsp3) is 0.292. The molecule has 2 aromatic carbocycles. The smallest absolute Gasteiger partial charge is 0.325 e. The fourth-order valence-electron chi connectivity index (χ4n) is 3.87. The summed E-state index contributed by atoms with van der Waals surface area (Å²) in [7, 11) is 0. The van der Waals surface area contributed by atoms with Crippen LogP contribution < -0.4 is 5.32 Å². The molecule has 3 amide bonds. The monoisotopic (exact) mass is 403 g/mol. The van der Waals surface area contributed by atoms with Gasteiger partial charge in [-0.15, -0.1) is 0 Å². The molecule has 3 aromatic rings. The highest BCUT2D eigenvalue weighted by Crippen LogP contribution is 2.31. The minimum Gasteiger partial charge on any atom is -0.360 e. The van der Waals surface area contributed by atoms with Gasteiger partial charge in [-0.1, -0.05) is 63.2 Å². The first-order valence-electron chi connectivity index (χ1n) is 9.96. The summed E-state index contributed by atoms with van der Waals surface area (Å²) in [5.74, 6) is -0.715. The molecular formula is C24H25N3O3. The van der Waals surface area contributed by atoms with Crippen molar-refractivity contribution in [2.75, 3.05) is 6.54 Å². The van der Waals surface area contributed by atoms with E-state index >= 15 is 0 Å². The SMILES string of the molecule is CC(C)(C)c1ccc([C@]2(C)NC(=O)N(CC(=O)c3c[nH]c4ccccc34)C2=O)cc1. The zero-order valence-electron chi connectivity index (χ0n) is 17.6. The molecule has 2 heterocycles. The standard InChI is InChI=1S/C24H25N3O3/c1-23(2,3)15-9-11-16(12-10-15)24(4)21(29)27(22(30)26-24)14-20(28)18-13-25-19-8-6-5-7-17(18)19/h5-13,25H,14H2,1-4H3,(H,26,30)/t24-/m0/s1. The lowest BCUT2D eigenvalue weighted by atomic mass is 9.84. The number of nitrogens with zero attached hydrogens (tertiary/aromatic N) is 1. The quantitative estimate of drug-likeness (QED) is 0.508. The predicted molar refractivity (Wildman–Crippen MR) is 115 cm³/mol. The number of imide groups is 1. The number of urea groups is 1. The van der Waals surface area contributed by atoms with Gasteiger partial charge in [-0.2, -0.15) is 0 Å². The van der Waals surface area contributed by atoms with E-state index in [0.29, 0.717) is 11.1 Å². The van der Waals surface area contributed by atoms with Gasteiger partial charge in [0.1, 0.15) is 5.54 Å². The van der Waals surface area contributed by atoms with Crippen molar-refractivity contribution in [2.24, 2.45) is 0 Å². The predicted octanol–water partition coefficient (Wildman–Crippen LogP) is 4.12. The number of Topliss-reactive ketones (excluding diaryl/α,β-unsaturated/α-hetero) is 1. The molecule has 0 bridgehead atoms.